The number of halogens is 1. The minimum absolute atomic E-state index is 0.749. The third kappa shape index (κ3) is 2.46. The number of hydrogen-bond donors (Lipinski definition) is 0. The summed E-state index contributed by atoms with van der Waals surface area (Å²) in [6.45, 7) is 0. The fourth-order valence-electron chi connectivity index (χ4n) is 3.79. The van der Waals surface area contributed by atoms with Crippen LogP contribution >= 0.6 is 11.6 Å². The van der Waals surface area contributed by atoms with Crippen molar-refractivity contribution in [1.82, 2.24) is 9.78 Å². The van der Waals surface area contributed by atoms with Gasteiger partial charge in [-0.05, 0) is 42.7 Å². The molecule has 0 aliphatic heterocycles. The standard InChI is InChI=1S/C23H17ClN2/c24-18-13-10-17(11-14-18)23-21-15-12-16-6-4-5-9-20(16)22(21)25-26(23)19-7-2-1-3-8-19/h1-11,13-14H,12,15H2. The predicted octanol–water partition coefficient (Wildman–Crippen LogP) is 5.96. The van der Waals surface area contributed by atoms with Gasteiger partial charge in [0.1, 0.15) is 0 Å². The Labute approximate surface area is 157 Å². The number of hydrogen-bond acceptors (Lipinski definition) is 1. The van der Waals surface area contributed by atoms with Crippen LogP contribution in [0.3, 0.4) is 0 Å². The van der Waals surface area contributed by atoms with Gasteiger partial charge in [0.25, 0.3) is 0 Å². The van der Waals surface area contributed by atoms with Gasteiger partial charge in [0, 0.05) is 21.7 Å². The summed E-state index contributed by atoms with van der Waals surface area (Å²) < 4.78 is 2.08. The molecule has 5 rings (SSSR count). The van der Waals surface area contributed by atoms with Crippen LogP contribution in [0.1, 0.15) is 11.1 Å². The molecule has 2 nitrogen and oxygen atoms in total. The lowest BCUT2D eigenvalue weighted by Crippen LogP contribution is -2.03. The second kappa shape index (κ2) is 6.15. The highest BCUT2D eigenvalue weighted by molar-refractivity contribution is 6.30. The van der Waals surface area contributed by atoms with Crippen LogP contribution in [0, 0.1) is 0 Å². The average molecular weight is 357 g/mol. The SMILES string of the molecule is Clc1ccc(-c2c3c(nn2-c2ccccc2)-c2ccccc2CC3)cc1. The van der Waals surface area contributed by atoms with E-state index in [2.05, 4.69) is 65.3 Å². The zero-order valence-corrected chi connectivity index (χ0v) is 14.9. The molecule has 0 N–H and O–H groups in total. The summed E-state index contributed by atoms with van der Waals surface area (Å²) in [5, 5.41) is 5.79. The summed E-state index contributed by atoms with van der Waals surface area (Å²) in [5.74, 6) is 0. The highest BCUT2D eigenvalue weighted by Gasteiger charge is 2.25. The summed E-state index contributed by atoms with van der Waals surface area (Å²) in [6, 6.07) is 27.0. The molecule has 0 bridgehead atoms. The van der Waals surface area contributed by atoms with Crippen LogP contribution in [-0.2, 0) is 12.8 Å². The van der Waals surface area contributed by atoms with E-state index in [1.807, 2.05) is 18.2 Å². The third-order valence-electron chi connectivity index (χ3n) is 5.02. The first kappa shape index (κ1) is 15.4. The van der Waals surface area contributed by atoms with E-state index in [0.717, 1.165) is 40.5 Å². The Morgan fingerprint density at radius 1 is 0.769 bits per heavy atom. The highest BCUT2D eigenvalue weighted by Crippen LogP contribution is 2.39. The van der Waals surface area contributed by atoms with Gasteiger partial charge in [-0.1, -0.05) is 66.2 Å². The van der Waals surface area contributed by atoms with E-state index in [9.17, 15) is 0 Å². The molecule has 0 atom stereocenters. The van der Waals surface area contributed by atoms with Gasteiger partial charge in [0.2, 0.25) is 0 Å². The van der Waals surface area contributed by atoms with Crippen molar-refractivity contribution in [2.24, 2.45) is 0 Å². The van der Waals surface area contributed by atoms with Gasteiger partial charge in [-0.2, -0.15) is 5.10 Å². The first-order chi connectivity index (χ1) is 12.8. The summed E-state index contributed by atoms with van der Waals surface area (Å²) in [5.41, 5.74) is 8.42. The van der Waals surface area contributed by atoms with Crippen molar-refractivity contribution in [3.8, 4) is 28.2 Å². The number of benzene rings is 3. The second-order valence-electron chi connectivity index (χ2n) is 6.59. The van der Waals surface area contributed by atoms with Gasteiger partial charge in [-0.15, -0.1) is 0 Å². The zero-order valence-electron chi connectivity index (χ0n) is 14.2. The third-order valence-corrected chi connectivity index (χ3v) is 5.27. The van der Waals surface area contributed by atoms with Gasteiger partial charge < -0.3 is 0 Å². The van der Waals surface area contributed by atoms with Gasteiger partial charge in [-0.25, -0.2) is 4.68 Å². The van der Waals surface area contributed by atoms with Crippen LogP contribution in [0.2, 0.25) is 5.02 Å². The second-order valence-corrected chi connectivity index (χ2v) is 7.02. The number of fused-ring (bicyclic) bond motifs is 3. The van der Waals surface area contributed by atoms with Gasteiger partial charge in [-0.3, -0.25) is 0 Å². The molecule has 0 unspecified atom stereocenters. The van der Waals surface area contributed by atoms with Crippen LogP contribution in [0.15, 0.2) is 78.9 Å². The van der Waals surface area contributed by atoms with E-state index in [0.29, 0.717) is 0 Å². The molecule has 1 heterocycles. The van der Waals surface area contributed by atoms with Crippen LogP contribution in [0.4, 0.5) is 0 Å². The smallest absolute Gasteiger partial charge is 0.0969 e. The van der Waals surface area contributed by atoms with E-state index in [-0.39, 0.29) is 0 Å². The monoisotopic (exact) mass is 356 g/mol. The minimum Gasteiger partial charge on any atom is -0.232 e. The number of nitrogens with zero attached hydrogens (tertiary/aromatic N) is 2. The van der Waals surface area contributed by atoms with Crippen molar-refractivity contribution < 1.29 is 0 Å². The van der Waals surface area contributed by atoms with Crippen LogP contribution in [0.5, 0.6) is 0 Å². The molecule has 1 aliphatic rings. The van der Waals surface area contributed by atoms with Crippen molar-refractivity contribution in [3.63, 3.8) is 0 Å². The largest absolute Gasteiger partial charge is 0.232 e. The van der Waals surface area contributed by atoms with Crippen molar-refractivity contribution in [3.05, 3.63) is 95.0 Å². The molecular formula is C23H17ClN2. The summed E-state index contributed by atoms with van der Waals surface area (Å²) in [6.07, 6.45) is 2.04. The Balaban J connectivity index is 1.80. The van der Waals surface area contributed by atoms with E-state index < -0.39 is 0 Å². The number of aromatic nitrogens is 2. The maximum Gasteiger partial charge on any atom is 0.0969 e. The molecule has 0 spiro atoms. The van der Waals surface area contributed by atoms with E-state index in [1.165, 1.54) is 16.7 Å². The molecule has 0 saturated carbocycles. The average Bonchev–Trinajstić information content (AvgIpc) is 3.09. The topological polar surface area (TPSA) is 17.8 Å². The number of rotatable bonds is 2. The van der Waals surface area contributed by atoms with Crippen LogP contribution in [0.25, 0.3) is 28.2 Å². The van der Waals surface area contributed by atoms with E-state index >= 15 is 0 Å². The maximum atomic E-state index is 6.12. The van der Waals surface area contributed by atoms with Gasteiger partial charge >= 0.3 is 0 Å². The molecular weight excluding hydrogens is 340 g/mol. The molecule has 0 radical (unpaired) electrons. The molecule has 3 aromatic carbocycles. The Kier molecular flexibility index (Phi) is 3.65. The van der Waals surface area contributed by atoms with Crippen LogP contribution in [-0.4, -0.2) is 9.78 Å². The van der Waals surface area contributed by atoms with Gasteiger partial charge in [0.15, 0.2) is 0 Å². The fourth-order valence-corrected chi connectivity index (χ4v) is 3.92. The first-order valence-corrected chi connectivity index (χ1v) is 9.20. The predicted molar refractivity (Wildman–Crippen MR) is 107 cm³/mol. The normalized spacial score (nSPS) is 12.5. The first-order valence-electron chi connectivity index (χ1n) is 8.83. The van der Waals surface area contributed by atoms with Crippen molar-refractivity contribution in [1.29, 1.82) is 0 Å². The van der Waals surface area contributed by atoms with E-state index in [4.69, 9.17) is 16.7 Å². The molecule has 0 amide bonds. The molecule has 1 aliphatic carbocycles. The summed E-state index contributed by atoms with van der Waals surface area (Å²) in [7, 11) is 0. The lowest BCUT2D eigenvalue weighted by Gasteiger charge is -2.16. The fraction of sp³-hybridized carbons (Fsp3) is 0.0870. The van der Waals surface area contributed by atoms with E-state index in [1.54, 1.807) is 0 Å². The molecule has 1 aromatic heterocycles. The zero-order chi connectivity index (χ0) is 17.5. The Morgan fingerprint density at radius 3 is 2.31 bits per heavy atom. The van der Waals surface area contributed by atoms with Crippen molar-refractivity contribution in [2.45, 2.75) is 12.8 Å². The molecule has 0 fully saturated rings. The molecule has 26 heavy (non-hydrogen) atoms. The van der Waals surface area contributed by atoms with Crippen molar-refractivity contribution in [2.75, 3.05) is 0 Å². The molecule has 126 valence electrons. The lowest BCUT2D eigenvalue weighted by atomic mass is 9.88. The Hall–Kier alpha value is -2.84. The number of aryl methyl sites for hydroxylation is 1. The molecule has 4 aromatic rings. The lowest BCUT2D eigenvalue weighted by molar-refractivity contribution is 0.891. The molecule has 3 heteroatoms. The van der Waals surface area contributed by atoms with Crippen LogP contribution < -0.4 is 0 Å². The summed E-state index contributed by atoms with van der Waals surface area (Å²) >= 11 is 6.12. The Bertz CT molecular complexity index is 1080. The number of para-hydroxylation sites is 1. The van der Waals surface area contributed by atoms with Crippen molar-refractivity contribution >= 4 is 11.6 Å². The quantitative estimate of drug-likeness (QED) is 0.433. The molecule has 0 saturated heterocycles. The Morgan fingerprint density at radius 2 is 1.50 bits per heavy atom. The minimum atomic E-state index is 0.749. The van der Waals surface area contributed by atoms with Gasteiger partial charge in [0.05, 0.1) is 17.1 Å². The maximum absolute atomic E-state index is 6.12. The highest BCUT2D eigenvalue weighted by atomic mass is 35.5. The summed E-state index contributed by atoms with van der Waals surface area (Å²) in [4.78, 5) is 0.